The summed E-state index contributed by atoms with van der Waals surface area (Å²) in [6.07, 6.45) is 3.40. The molecule has 0 saturated heterocycles. The van der Waals surface area contributed by atoms with E-state index >= 15 is 0 Å². The lowest BCUT2D eigenvalue weighted by atomic mass is 10.1. The fraction of sp³-hybridized carbons (Fsp3) is 0.846. The third-order valence-corrected chi connectivity index (χ3v) is 2.96. The Morgan fingerprint density at radius 1 is 1.39 bits per heavy atom. The van der Waals surface area contributed by atoms with Gasteiger partial charge < -0.3 is 10.1 Å². The highest BCUT2D eigenvalue weighted by atomic mass is 16.5. The molecule has 1 N–H and O–H groups in total. The van der Waals surface area contributed by atoms with E-state index in [0.717, 1.165) is 31.7 Å². The van der Waals surface area contributed by atoms with Crippen molar-refractivity contribution in [1.82, 2.24) is 20.3 Å². The van der Waals surface area contributed by atoms with Gasteiger partial charge in [-0.05, 0) is 25.8 Å². The first-order valence-corrected chi connectivity index (χ1v) is 6.84. The molecule has 0 aliphatic carbocycles. The van der Waals surface area contributed by atoms with Gasteiger partial charge in [-0.2, -0.15) is 0 Å². The Bertz CT molecular complexity index is 325. The molecule has 1 aromatic heterocycles. The number of rotatable bonds is 9. The van der Waals surface area contributed by atoms with Crippen molar-refractivity contribution in [3.05, 3.63) is 11.9 Å². The molecule has 0 aromatic carbocycles. The fourth-order valence-corrected chi connectivity index (χ4v) is 1.45. The molecule has 0 saturated carbocycles. The zero-order valence-corrected chi connectivity index (χ0v) is 12.0. The maximum atomic E-state index is 5.71. The summed E-state index contributed by atoms with van der Waals surface area (Å²) in [5, 5.41) is 11.5. The van der Waals surface area contributed by atoms with Crippen molar-refractivity contribution in [2.24, 2.45) is 5.92 Å². The van der Waals surface area contributed by atoms with Crippen molar-refractivity contribution in [2.75, 3.05) is 13.2 Å². The molecule has 0 bridgehead atoms. The zero-order chi connectivity index (χ0) is 13.4. The van der Waals surface area contributed by atoms with Gasteiger partial charge in [0, 0.05) is 12.7 Å². The second kappa shape index (κ2) is 8.21. The van der Waals surface area contributed by atoms with Crippen LogP contribution in [0.3, 0.4) is 0 Å². The van der Waals surface area contributed by atoms with Crippen molar-refractivity contribution in [2.45, 2.75) is 53.3 Å². The van der Waals surface area contributed by atoms with Crippen molar-refractivity contribution in [3.8, 4) is 0 Å². The van der Waals surface area contributed by atoms with Gasteiger partial charge in [-0.3, -0.25) is 0 Å². The largest absolute Gasteiger partial charge is 0.376 e. The van der Waals surface area contributed by atoms with E-state index in [0.29, 0.717) is 18.6 Å². The second-order valence-electron chi connectivity index (χ2n) is 4.97. The van der Waals surface area contributed by atoms with Gasteiger partial charge in [0.25, 0.3) is 0 Å². The minimum atomic E-state index is 0.291. The van der Waals surface area contributed by atoms with Gasteiger partial charge in [0.15, 0.2) is 0 Å². The summed E-state index contributed by atoms with van der Waals surface area (Å²) >= 11 is 0. The van der Waals surface area contributed by atoms with Crippen molar-refractivity contribution in [3.63, 3.8) is 0 Å². The van der Waals surface area contributed by atoms with E-state index in [1.165, 1.54) is 0 Å². The predicted molar refractivity (Wildman–Crippen MR) is 72.3 cm³/mol. The summed E-state index contributed by atoms with van der Waals surface area (Å²) in [5.41, 5.74) is 0.986. The maximum absolute atomic E-state index is 5.71. The number of hydrogen-bond donors (Lipinski definition) is 1. The van der Waals surface area contributed by atoms with Crippen LogP contribution in [0.25, 0.3) is 0 Å². The van der Waals surface area contributed by atoms with Gasteiger partial charge in [0.1, 0.15) is 0 Å². The Balaban J connectivity index is 2.22. The fourth-order valence-electron chi connectivity index (χ4n) is 1.45. The number of nitrogens with one attached hydrogen (secondary N) is 1. The van der Waals surface area contributed by atoms with Crippen LogP contribution in [0.4, 0.5) is 0 Å². The second-order valence-corrected chi connectivity index (χ2v) is 4.97. The first-order valence-electron chi connectivity index (χ1n) is 6.84. The Labute approximate surface area is 110 Å². The summed E-state index contributed by atoms with van der Waals surface area (Å²) in [6.45, 7) is 11.8. The first-order chi connectivity index (χ1) is 8.63. The van der Waals surface area contributed by atoms with Crippen LogP contribution in [0, 0.1) is 5.92 Å². The van der Waals surface area contributed by atoms with E-state index in [1.807, 2.05) is 10.9 Å². The summed E-state index contributed by atoms with van der Waals surface area (Å²) in [5.74, 6) is 0.551. The Morgan fingerprint density at radius 3 is 2.83 bits per heavy atom. The van der Waals surface area contributed by atoms with Crippen molar-refractivity contribution in [1.29, 1.82) is 0 Å². The van der Waals surface area contributed by atoms with Gasteiger partial charge in [-0.15, -0.1) is 5.10 Å². The monoisotopic (exact) mass is 254 g/mol. The maximum Gasteiger partial charge on any atom is 0.0964 e. The number of hydrogen-bond acceptors (Lipinski definition) is 4. The molecule has 0 amide bonds. The highest BCUT2D eigenvalue weighted by molar-refractivity contribution is 4.91. The Hall–Kier alpha value is -0.940. The van der Waals surface area contributed by atoms with Crippen LogP contribution < -0.4 is 5.32 Å². The first kappa shape index (κ1) is 15.1. The minimum Gasteiger partial charge on any atom is -0.376 e. The lowest BCUT2D eigenvalue weighted by molar-refractivity contribution is 0.0293. The van der Waals surface area contributed by atoms with E-state index in [2.05, 4.69) is 43.3 Å². The summed E-state index contributed by atoms with van der Waals surface area (Å²) < 4.78 is 7.55. The molecular formula is C13H26N4O. The quantitative estimate of drug-likeness (QED) is 0.683. The topological polar surface area (TPSA) is 52.0 Å². The highest BCUT2D eigenvalue weighted by Crippen LogP contribution is 2.05. The lowest BCUT2D eigenvalue weighted by Crippen LogP contribution is -2.18. The van der Waals surface area contributed by atoms with E-state index in [4.69, 9.17) is 4.74 Å². The third-order valence-electron chi connectivity index (χ3n) is 2.96. The van der Waals surface area contributed by atoms with Crippen LogP contribution in [-0.4, -0.2) is 34.2 Å². The molecule has 0 spiro atoms. The van der Waals surface area contributed by atoms with E-state index < -0.39 is 0 Å². The highest BCUT2D eigenvalue weighted by Gasteiger charge is 2.07. The molecule has 1 atom stereocenters. The number of nitrogens with zero attached hydrogens (tertiary/aromatic N) is 3. The minimum absolute atomic E-state index is 0.291. The van der Waals surface area contributed by atoms with Gasteiger partial charge in [0.2, 0.25) is 0 Å². The Morgan fingerprint density at radius 2 is 2.17 bits per heavy atom. The molecule has 0 aliphatic rings. The third kappa shape index (κ3) is 5.60. The van der Waals surface area contributed by atoms with Gasteiger partial charge in [-0.1, -0.05) is 26.0 Å². The predicted octanol–water partition coefficient (Wildman–Crippen LogP) is 1.84. The standard InChI is InChI=1S/C13H26N4O/c1-5-6-14-9-13-10-17(16-15-13)7-8-18-12(4)11(2)3/h10-12,14H,5-9H2,1-4H3. The van der Waals surface area contributed by atoms with Gasteiger partial charge in [0.05, 0.1) is 24.9 Å². The SMILES string of the molecule is CCCNCc1cn(CCOC(C)C(C)C)nn1. The molecule has 0 aliphatic heterocycles. The smallest absolute Gasteiger partial charge is 0.0964 e. The van der Waals surface area contributed by atoms with E-state index in [-0.39, 0.29) is 0 Å². The van der Waals surface area contributed by atoms with E-state index in [9.17, 15) is 0 Å². The molecule has 5 heteroatoms. The zero-order valence-electron chi connectivity index (χ0n) is 12.0. The molecule has 5 nitrogen and oxygen atoms in total. The molecule has 104 valence electrons. The van der Waals surface area contributed by atoms with Crippen LogP contribution in [0.15, 0.2) is 6.20 Å². The van der Waals surface area contributed by atoms with Gasteiger partial charge >= 0.3 is 0 Å². The number of ether oxygens (including phenoxy) is 1. The average molecular weight is 254 g/mol. The average Bonchev–Trinajstić information content (AvgIpc) is 2.77. The molecule has 18 heavy (non-hydrogen) atoms. The van der Waals surface area contributed by atoms with Crippen LogP contribution in [-0.2, 0) is 17.8 Å². The molecule has 1 rings (SSSR count). The van der Waals surface area contributed by atoms with Crippen molar-refractivity contribution < 1.29 is 4.74 Å². The summed E-state index contributed by atoms with van der Waals surface area (Å²) in [7, 11) is 0. The van der Waals surface area contributed by atoms with Gasteiger partial charge in [-0.25, -0.2) is 4.68 Å². The van der Waals surface area contributed by atoms with Crippen LogP contribution >= 0.6 is 0 Å². The molecule has 1 unspecified atom stereocenters. The molecule has 0 radical (unpaired) electrons. The van der Waals surface area contributed by atoms with E-state index in [1.54, 1.807) is 0 Å². The molecule has 1 aromatic rings. The normalized spacial score (nSPS) is 13.2. The van der Waals surface area contributed by atoms with Crippen LogP contribution in [0.2, 0.25) is 0 Å². The summed E-state index contributed by atoms with van der Waals surface area (Å²) in [4.78, 5) is 0. The van der Waals surface area contributed by atoms with Crippen LogP contribution in [0.5, 0.6) is 0 Å². The Kier molecular flexibility index (Phi) is 6.90. The van der Waals surface area contributed by atoms with Crippen LogP contribution in [0.1, 0.15) is 39.8 Å². The molecule has 0 fully saturated rings. The number of aromatic nitrogens is 3. The van der Waals surface area contributed by atoms with Crippen molar-refractivity contribution >= 4 is 0 Å². The molecule has 1 heterocycles. The lowest BCUT2D eigenvalue weighted by Gasteiger charge is -2.16. The molecular weight excluding hydrogens is 228 g/mol. The summed E-state index contributed by atoms with van der Waals surface area (Å²) in [6, 6.07) is 0.